The van der Waals surface area contributed by atoms with E-state index in [-0.39, 0.29) is 35.9 Å². The van der Waals surface area contributed by atoms with Gasteiger partial charge in [0, 0.05) is 74.0 Å². The van der Waals surface area contributed by atoms with Crippen molar-refractivity contribution in [2.75, 3.05) is 45.1 Å². The third-order valence-electron chi connectivity index (χ3n) is 10.7. The Morgan fingerprint density at radius 1 is 0.929 bits per heavy atom. The van der Waals surface area contributed by atoms with Gasteiger partial charge in [-0.05, 0) is 125 Å². The van der Waals surface area contributed by atoms with Gasteiger partial charge in [-0.3, -0.25) is 19.4 Å². The molecule has 14 nitrogen and oxygen atoms in total. The number of ketones is 1. The molecule has 3 amide bonds. The van der Waals surface area contributed by atoms with E-state index < -0.39 is 17.6 Å². The molecule has 56 heavy (non-hydrogen) atoms. The van der Waals surface area contributed by atoms with Crippen LogP contribution in [0.25, 0.3) is 22.5 Å². The lowest BCUT2D eigenvalue weighted by Crippen LogP contribution is -2.47. The summed E-state index contributed by atoms with van der Waals surface area (Å²) >= 11 is 0. The topological polar surface area (TPSA) is 175 Å². The highest BCUT2D eigenvalue weighted by Gasteiger charge is 2.31. The zero-order chi connectivity index (χ0) is 39.8. The van der Waals surface area contributed by atoms with E-state index in [0.29, 0.717) is 56.1 Å². The molecule has 1 saturated heterocycles. The van der Waals surface area contributed by atoms with Crippen molar-refractivity contribution in [1.29, 1.82) is 0 Å². The third kappa shape index (κ3) is 10.8. The molecular weight excluding hydrogens is 711 g/mol. The number of piperazine rings is 1. The molecule has 1 aliphatic heterocycles. The van der Waals surface area contributed by atoms with Crippen molar-refractivity contribution in [3.63, 3.8) is 0 Å². The number of rotatable bonds is 12. The molecule has 4 aromatic rings. The number of aryl methyl sites for hydroxylation is 1. The van der Waals surface area contributed by atoms with Crippen LogP contribution in [-0.4, -0.2) is 104 Å². The van der Waals surface area contributed by atoms with E-state index in [1.165, 1.54) is 0 Å². The van der Waals surface area contributed by atoms with Crippen LogP contribution in [0.5, 0.6) is 0 Å². The number of nitrogens with one attached hydrogen (secondary N) is 3. The summed E-state index contributed by atoms with van der Waals surface area (Å²) < 4.78 is 5.37. The van der Waals surface area contributed by atoms with Crippen molar-refractivity contribution in [2.24, 2.45) is 17.8 Å². The number of carbonyl (C=O) groups is 4. The van der Waals surface area contributed by atoms with Gasteiger partial charge in [0.25, 0.3) is 5.91 Å². The van der Waals surface area contributed by atoms with E-state index in [9.17, 15) is 19.2 Å². The Labute approximate surface area is 328 Å². The zero-order valence-electron chi connectivity index (χ0n) is 33.0. The second-order valence-electron chi connectivity index (χ2n) is 16.2. The minimum absolute atomic E-state index is 0.0480. The average Bonchev–Trinajstić information content (AvgIpc) is 3.72. The van der Waals surface area contributed by atoms with Crippen LogP contribution >= 0.6 is 0 Å². The van der Waals surface area contributed by atoms with Crippen molar-refractivity contribution in [3.05, 3.63) is 77.6 Å². The number of likely N-dealkylation sites (N-methyl/N-ethyl adjacent to an activating group) is 1. The Morgan fingerprint density at radius 2 is 1.61 bits per heavy atom. The number of aromatic amines is 1. The molecule has 3 heterocycles. The fourth-order valence-electron chi connectivity index (χ4n) is 7.38. The number of benzene rings is 2. The number of aromatic nitrogens is 5. The van der Waals surface area contributed by atoms with Crippen molar-refractivity contribution >= 4 is 29.4 Å². The summed E-state index contributed by atoms with van der Waals surface area (Å²) in [5.74, 6) is -0.209. The summed E-state index contributed by atoms with van der Waals surface area (Å²) in [6.45, 7) is 11.1. The summed E-state index contributed by atoms with van der Waals surface area (Å²) in [4.78, 5) is 61.6. The fraction of sp³-hybridized carbons (Fsp3) is 0.476. The Hall–Kier alpha value is -5.50. The van der Waals surface area contributed by atoms with Crippen LogP contribution in [0.1, 0.15) is 74.5 Å². The lowest BCUT2D eigenvalue weighted by Gasteiger charge is -2.32. The molecule has 2 aromatic carbocycles. The number of hydrogen-bond donors (Lipinski definition) is 3. The van der Waals surface area contributed by atoms with Gasteiger partial charge in [-0.15, -0.1) is 10.2 Å². The number of H-pyrrole nitrogens is 1. The van der Waals surface area contributed by atoms with E-state index in [1.807, 2.05) is 62.9 Å². The number of alkyl carbamates (subject to hydrolysis) is 1. The summed E-state index contributed by atoms with van der Waals surface area (Å²) in [6, 6.07) is 17.0. The molecule has 2 aromatic heterocycles. The van der Waals surface area contributed by atoms with Crippen LogP contribution < -0.4 is 10.6 Å². The Balaban J connectivity index is 1.11. The molecule has 296 valence electrons. The second kappa shape index (κ2) is 18.0. The number of ether oxygens (including phenoxy) is 1. The van der Waals surface area contributed by atoms with Gasteiger partial charge in [-0.25, -0.2) is 4.79 Å². The zero-order valence-corrected chi connectivity index (χ0v) is 33.0. The van der Waals surface area contributed by atoms with Gasteiger partial charge < -0.3 is 25.2 Å². The lowest BCUT2D eigenvalue weighted by molar-refractivity contribution is -0.129. The molecule has 3 N–H and O–H groups in total. The number of pyridine rings is 1. The molecule has 2 fully saturated rings. The molecule has 0 unspecified atom stereocenters. The number of carbonyl (C=O) groups excluding carboxylic acids is 4. The monoisotopic (exact) mass is 763 g/mol. The summed E-state index contributed by atoms with van der Waals surface area (Å²) in [5, 5.41) is 20.0. The number of nitrogens with zero attached hydrogens (tertiary/aromatic N) is 6. The summed E-state index contributed by atoms with van der Waals surface area (Å²) in [5.41, 5.74) is 5.00. The van der Waals surface area contributed by atoms with E-state index in [4.69, 9.17) is 4.74 Å². The smallest absolute Gasteiger partial charge is 0.407 e. The predicted octanol–water partition coefficient (Wildman–Crippen LogP) is 5.71. The largest absolute Gasteiger partial charge is 0.444 e. The first-order chi connectivity index (χ1) is 26.8. The number of Topliss-reactive ketones (excluding diaryl/α,β-unsaturated/α-hetero) is 1. The van der Waals surface area contributed by atoms with Crippen molar-refractivity contribution in [2.45, 2.75) is 71.8 Å². The highest BCUT2D eigenvalue weighted by Crippen LogP contribution is 2.32. The standard InChI is InChI=1S/C42H53N9O5/c1-27-22-36(40(54)51-20-18-50(5)19-21-51)43-26-35(27)30-10-6-28(7-11-30)23-33(39(53)45-34-16-14-32(15-17-34)38-46-48-49-47-38)24-37(52)31-12-8-29(9-13-31)25-44-41(55)56-42(2,3)4/h6-7,10-11,14-17,22,26,29,31,33H,8-9,12-13,18-21,23-25H2,1-5H3,(H,44,55)(H,45,53)(H,46,47,48,49)/t29?,31?,33-/m1/s1. The van der Waals surface area contributed by atoms with Crippen LogP contribution in [0.2, 0.25) is 0 Å². The summed E-state index contributed by atoms with van der Waals surface area (Å²) in [6.07, 6.45) is 4.89. The highest BCUT2D eigenvalue weighted by molar-refractivity contribution is 5.96. The molecule has 0 radical (unpaired) electrons. The van der Waals surface area contributed by atoms with Crippen LogP contribution in [-0.2, 0) is 20.7 Å². The van der Waals surface area contributed by atoms with Crippen LogP contribution in [0.3, 0.4) is 0 Å². The fourth-order valence-corrected chi connectivity index (χ4v) is 7.38. The lowest BCUT2D eigenvalue weighted by atomic mass is 9.77. The van der Waals surface area contributed by atoms with Gasteiger partial charge in [-0.1, -0.05) is 24.3 Å². The molecule has 0 bridgehead atoms. The van der Waals surface area contributed by atoms with E-state index in [1.54, 1.807) is 30.5 Å². The first-order valence-corrected chi connectivity index (χ1v) is 19.5. The Kier molecular flexibility index (Phi) is 12.9. The second-order valence-corrected chi connectivity index (χ2v) is 16.2. The normalized spacial score (nSPS) is 18.2. The molecule has 1 aliphatic carbocycles. The average molecular weight is 764 g/mol. The molecule has 6 rings (SSSR count). The quantitative estimate of drug-likeness (QED) is 0.162. The Morgan fingerprint density at radius 3 is 2.23 bits per heavy atom. The van der Waals surface area contributed by atoms with Crippen molar-refractivity contribution < 1.29 is 23.9 Å². The molecule has 1 saturated carbocycles. The number of anilines is 1. The van der Waals surface area contributed by atoms with Gasteiger partial charge in [0.1, 0.15) is 17.1 Å². The van der Waals surface area contributed by atoms with E-state index >= 15 is 0 Å². The highest BCUT2D eigenvalue weighted by atomic mass is 16.6. The van der Waals surface area contributed by atoms with Gasteiger partial charge in [0.2, 0.25) is 11.7 Å². The molecular formula is C42H53N9O5. The number of tetrazole rings is 1. The molecule has 0 spiro atoms. The van der Waals surface area contributed by atoms with Crippen molar-refractivity contribution in [1.82, 2.24) is 40.7 Å². The maximum absolute atomic E-state index is 13.9. The Bertz CT molecular complexity index is 1960. The first kappa shape index (κ1) is 40.2. The van der Waals surface area contributed by atoms with E-state index in [2.05, 4.69) is 48.2 Å². The first-order valence-electron chi connectivity index (χ1n) is 19.5. The number of hydrogen-bond acceptors (Lipinski definition) is 10. The number of amides is 3. The SMILES string of the molecule is Cc1cc(C(=O)N2CCN(C)CC2)ncc1-c1ccc(C[C@H](CC(=O)C2CCC(CNC(=O)OC(C)(C)C)CC2)C(=O)Nc2ccc(-c3nn[nH]n3)cc2)cc1. The van der Waals surface area contributed by atoms with Gasteiger partial charge >= 0.3 is 6.09 Å². The molecule has 2 aliphatic rings. The minimum atomic E-state index is -0.597. The van der Waals surface area contributed by atoms with Gasteiger partial charge in [0.15, 0.2) is 0 Å². The van der Waals surface area contributed by atoms with E-state index in [0.717, 1.165) is 53.7 Å². The minimum Gasteiger partial charge on any atom is -0.444 e. The molecule has 14 heteroatoms. The van der Waals surface area contributed by atoms with Crippen LogP contribution in [0.15, 0.2) is 60.8 Å². The van der Waals surface area contributed by atoms with Crippen LogP contribution in [0.4, 0.5) is 10.5 Å². The third-order valence-corrected chi connectivity index (χ3v) is 10.7. The van der Waals surface area contributed by atoms with Crippen molar-refractivity contribution in [3.8, 4) is 22.5 Å². The maximum Gasteiger partial charge on any atom is 0.407 e. The molecule has 1 atom stereocenters. The van der Waals surface area contributed by atoms with Crippen LogP contribution in [0, 0.1) is 24.7 Å². The van der Waals surface area contributed by atoms with Gasteiger partial charge in [0.05, 0.1) is 0 Å². The summed E-state index contributed by atoms with van der Waals surface area (Å²) in [7, 11) is 2.06. The predicted molar refractivity (Wildman–Crippen MR) is 213 cm³/mol. The van der Waals surface area contributed by atoms with Gasteiger partial charge in [-0.2, -0.15) is 5.21 Å². The maximum atomic E-state index is 13.9.